The molecule has 0 spiro atoms. The molecular formula is C18H20ClF3O2. The molecule has 2 rings (SSSR count). The van der Waals surface area contributed by atoms with E-state index in [4.69, 9.17) is 16.3 Å². The summed E-state index contributed by atoms with van der Waals surface area (Å²) in [7, 11) is 0. The Morgan fingerprint density at radius 3 is 2.25 bits per heavy atom. The standard InChI is InChI=1S/C18H20ClF3O2/c1-8(19)6-12-13(18(12,4)5)17(23)24-7-11-14(20)9(2)10(3)15(21)16(11)22/h6,12-13H,7H2,1-5H3/b8-6-/t12-,13-/m0/s1. The number of hydrogen-bond acceptors (Lipinski definition) is 2. The number of carbonyl (C=O) groups is 1. The van der Waals surface area contributed by atoms with Crippen molar-refractivity contribution < 1.29 is 22.7 Å². The molecule has 2 atom stereocenters. The summed E-state index contributed by atoms with van der Waals surface area (Å²) in [6.45, 7) is 7.49. The third-order valence-corrected chi connectivity index (χ3v) is 5.00. The van der Waals surface area contributed by atoms with Gasteiger partial charge in [-0.15, -0.1) is 0 Å². The zero-order valence-electron chi connectivity index (χ0n) is 14.3. The van der Waals surface area contributed by atoms with E-state index in [-0.39, 0.29) is 22.5 Å². The topological polar surface area (TPSA) is 26.3 Å². The van der Waals surface area contributed by atoms with Gasteiger partial charge in [0.1, 0.15) is 12.4 Å². The smallest absolute Gasteiger partial charge is 0.310 e. The van der Waals surface area contributed by atoms with E-state index < -0.39 is 41.5 Å². The lowest BCUT2D eigenvalue weighted by atomic mass is 10.0. The minimum atomic E-state index is -1.31. The van der Waals surface area contributed by atoms with Crippen molar-refractivity contribution >= 4 is 17.6 Å². The first-order valence-electron chi connectivity index (χ1n) is 7.63. The Balaban J connectivity index is 2.16. The summed E-state index contributed by atoms with van der Waals surface area (Å²) >= 11 is 5.84. The number of hydrogen-bond donors (Lipinski definition) is 0. The summed E-state index contributed by atoms with van der Waals surface area (Å²) in [5.74, 6) is -4.42. The van der Waals surface area contributed by atoms with Crippen LogP contribution in [-0.2, 0) is 16.1 Å². The highest BCUT2D eigenvalue weighted by molar-refractivity contribution is 6.29. The summed E-state index contributed by atoms with van der Waals surface area (Å²) in [5.41, 5.74) is -0.988. The SMILES string of the molecule is C/C(Cl)=C/[C@H]1[C@@H](C(=O)OCc2c(F)c(C)c(C)c(F)c2F)C1(C)C. The minimum absolute atomic E-state index is 0.00488. The van der Waals surface area contributed by atoms with Crippen molar-refractivity contribution in [3.05, 3.63) is 45.3 Å². The molecule has 6 heteroatoms. The molecule has 0 saturated heterocycles. The van der Waals surface area contributed by atoms with Crippen LogP contribution in [0, 0.1) is 48.5 Å². The molecule has 0 radical (unpaired) electrons. The van der Waals surface area contributed by atoms with Crippen LogP contribution in [0.1, 0.15) is 37.5 Å². The number of allylic oxidation sites excluding steroid dienone is 2. The van der Waals surface area contributed by atoms with E-state index in [1.165, 1.54) is 13.8 Å². The molecule has 0 amide bonds. The molecule has 0 N–H and O–H groups in total. The van der Waals surface area contributed by atoms with E-state index in [1.54, 1.807) is 13.0 Å². The molecule has 0 unspecified atom stereocenters. The van der Waals surface area contributed by atoms with Crippen molar-refractivity contribution in [2.75, 3.05) is 0 Å². The second kappa shape index (κ2) is 6.43. The van der Waals surface area contributed by atoms with Gasteiger partial charge in [0.05, 0.1) is 11.5 Å². The van der Waals surface area contributed by atoms with Gasteiger partial charge in [-0.2, -0.15) is 0 Å². The first-order valence-corrected chi connectivity index (χ1v) is 8.01. The van der Waals surface area contributed by atoms with Crippen LogP contribution >= 0.6 is 11.6 Å². The summed E-state index contributed by atoms with van der Waals surface area (Å²) in [6, 6.07) is 0. The summed E-state index contributed by atoms with van der Waals surface area (Å²) < 4.78 is 46.9. The van der Waals surface area contributed by atoms with Crippen molar-refractivity contribution in [2.24, 2.45) is 17.3 Å². The van der Waals surface area contributed by atoms with Crippen LogP contribution < -0.4 is 0 Å². The molecule has 0 aromatic heterocycles. The number of halogens is 4. The average Bonchev–Trinajstić information content (AvgIpc) is 3.02. The van der Waals surface area contributed by atoms with Crippen LogP contribution in [0.2, 0.25) is 0 Å². The van der Waals surface area contributed by atoms with E-state index in [0.29, 0.717) is 5.03 Å². The van der Waals surface area contributed by atoms with E-state index in [0.717, 1.165) is 0 Å². The molecule has 24 heavy (non-hydrogen) atoms. The normalized spacial score (nSPS) is 22.5. The van der Waals surface area contributed by atoms with Crippen LogP contribution in [0.5, 0.6) is 0 Å². The van der Waals surface area contributed by atoms with Crippen LogP contribution in [0.15, 0.2) is 11.1 Å². The second-order valence-electron chi connectivity index (χ2n) is 6.86. The molecule has 1 saturated carbocycles. The number of benzene rings is 1. The maximum Gasteiger partial charge on any atom is 0.310 e. The van der Waals surface area contributed by atoms with Gasteiger partial charge in [-0.1, -0.05) is 31.5 Å². The van der Waals surface area contributed by atoms with Gasteiger partial charge >= 0.3 is 5.97 Å². The average molecular weight is 361 g/mol. The van der Waals surface area contributed by atoms with E-state index in [2.05, 4.69) is 0 Å². The van der Waals surface area contributed by atoms with Gasteiger partial charge in [0.2, 0.25) is 0 Å². The van der Waals surface area contributed by atoms with Crippen LogP contribution in [0.3, 0.4) is 0 Å². The number of rotatable bonds is 4. The van der Waals surface area contributed by atoms with Crippen molar-refractivity contribution in [1.29, 1.82) is 0 Å². The Labute approximate surface area is 144 Å². The molecule has 1 fully saturated rings. The number of ether oxygens (including phenoxy) is 1. The Kier molecular flexibility index (Phi) is 5.05. The maximum atomic E-state index is 14.1. The monoisotopic (exact) mass is 360 g/mol. The van der Waals surface area contributed by atoms with Crippen molar-refractivity contribution in [3.8, 4) is 0 Å². The minimum Gasteiger partial charge on any atom is -0.460 e. The molecule has 132 valence electrons. The van der Waals surface area contributed by atoms with Crippen LogP contribution in [0.4, 0.5) is 13.2 Å². The molecule has 1 aromatic carbocycles. The van der Waals surface area contributed by atoms with Crippen molar-refractivity contribution in [2.45, 2.75) is 41.2 Å². The van der Waals surface area contributed by atoms with E-state index >= 15 is 0 Å². The van der Waals surface area contributed by atoms with Gasteiger partial charge < -0.3 is 4.74 Å². The van der Waals surface area contributed by atoms with Gasteiger partial charge in [-0.25, -0.2) is 13.2 Å². The highest BCUT2D eigenvalue weighted by atomic mass is 35.5. The first-order chi connectivity index (χ1) is 11.0. The lowest BCUT2D eigenvalue weighted by Crippen LogP contribution is -2.14. The quantitative estimate of drug-likeness (QED) is 0.546. The molecule has 1 aliphatic carbocycles. The zero-order chi connectivity index (χ0) is 18.4. The van der Waals surface area contributed by atoms with Crippen molar-refractivity contribution in [3.63, 3.8) is 0 Å². The fourth-order valence-electron chi connectivity index (χ4n) is 3.00. The lowest BCUT2D eigenvalue weighted by Gasteiger charge is -2.12. The molecule has 0 heterocycles. The summed E-state index contributed by atoms with van der Waals surface area (Å²) in [4.78, 5) is 12.2. The number of esters is 1. The molecule has 2 nitrogen and oxygen atoms in total. The van der Waals surface area contributed by atoms with Gasteiger partial charge in [-0.3, -0.25) is 4.79 Å². The van der Waals surface area contributed by atoms with Crippen molar-refractivity contribution in [1.82, 2.24) is 0 Å². The van der Waals surface area contributed by atoms with Gasteiger partial charge in [0.25, 0.3) is 0 Å². The van der Waals surface area contributed by atoms with Gasteiger partial charge in [0, 0.05) is 5.03 Å². The van der Waals surface area contributed by atoms with E-state index in [9.17, 15) is 18.0 Å². The highest BCUT2D eigenvalue weighted by Crippen LogP contribution is 2.60. The highest BCUT2D eigenvalue weighted by Gasteiger charge is 2.61. The Bertz CT molecular complexity index is 692. The zero-order valence-corrected chi connectivity index (χ0v) is 15.0. The third kappa shape index (κ3) is 3.18. The first kappa shape index (κ1) is 18.8. The fraction of sp³-hybridized carbons (Fsp3) is 0.500. The maximum absolute atomic E-state index is 14.1. The van der Waals surface area contributed by atoms with Crippen LogP contribution in [0.25, 0.3) is 0 Å². The lowest BCUT2D eigenvalue weighted by molar-refractivity contribution is -0.147. The predicted octanol–water partition coefficient (Wildman–Crippen LogP) is 5.18. The Hall–Kier alpha value is -1.49. The molecule has 1 aliphatic rings. The summed E-state index contributed by atoms with van der Waals surface area (Å²) in [6.07, 6.45) is 1.77. The second-order valence-corrected chi connectivity index (χ2v) is 7.45. The molecule has 0 aliphatic heterocycles. The Morgan fingerprint density at radius 1 is 1.17 bits per heavy atom. The Morgan fingerprint density at radius 2 is 1.71 bits per heavy atom. The molecule has 0 bridgehead atoms. The van der Waals surface area contributed by atoms with Gasteiger partial charge in [-0.05, 0) is 43.2 Å². The molecule has 1 aromatic rings. The predicted molar refractivity (Wildman–Crippen MR) is 86.0 cm³/mol. The number of carbonyl (C=O) groups excluding carboxylic acids is 1. The third-order valence-electron chi connectivity index (χ3n) is 4.88. The fourth-order valence-corrected chi connectivity index (χ4v) is 3.13. The summed E-state index contributed by atoms with van der Waals surface area (Å²) in [5, 5.41) is 0.566. The molecular weight excluding hydrogens is 341 g/mol. The largest absolute Gasteiger partial charge is 0.460 e. The van der Waals surface area contributed by atoms with E-state index in [1.807, 2.05) is 13.8 Å². The van der Waals surface area contributed by atoms with Gasteiger partial charge in [0.15, 0.2) is 11.6 Å². The van der Waals surface area contributed by atoms with Crippen LogP contribution in [-0.4, -0.2) is 5.97 Å².